The zero-order valence-corrected chi connectivity index (χ0v) is 11.3. The van der Waals surface area contributed by atoms with Gasteiger partial charge in [-0.05, 0) is 61.4 Å². The molecule has 1 nitrogen and oxygen atoms in total. The first-order valence-corrected chi connectivity index (χ1v) is 7.14. The molecule has 1 aliphatic carbocycles. The van der Waals surface area contributed by atoms with Crippen LogP contribution >= 0.6 is 0 Å². The molecular weight excluding hydrogens is 206 g/mol. The van der Waals surface area contributed by atoms with Gasteiger partial charge in [0.15, 0.2) is 0 Å². The number of hydrogen-bond acceptors (Lipinski definition) is 1. The Labute approximate surface area is 106 Å². The lowest BCUT2D eigenvalue weighted by Gasteiger charge is -2.16. The number of aryl methyl sites for hydroxylation is 2. The van der Waals surface area contributed by atoms with Gasteiger partial charge >= 0.3 is 0 Å². The van der Waals surface area contributed by atoms with Crippen LogP contribution in [0, 0.1) is 5.92 Å². The molecule has 1 atom stereocenters. The Balaban J connectivity index is 1.97. The van der Waals surface area contributed by atoms with Crippen molar-refractivity contribution in [1.82, 2.24) is 5.32 Å². The largest absolute Gasteiger partial charge is 0.317 e. The molecule has 1 heteroatoms. The van der Waals surface area contributed by atoms with Gasteiger partial charge in [-0.1, -0.05) is 38.5 Å². The van der Waals surface area contributed by atoms with Gasteiger partial charge in [-0.25, -0.2) is 0 Å². The van der Waals surface area contributed by atoms with Gasteiger partial charge in [0, 0.05) is 0 Å². The Morgan fingerprint density at radius 3 is 2.76 bits per heavy atom. The van der Waals surface area contributed by atoms with Gasteiger partial charge in [-0.2, -0.15) is 0 Å². The molecule has 0 amide bonds. The second-order valence-corrected chi connectivity index (χ2v) is 5.24. The van der Waals surface area contributed by atoms with Crippen LogP contribution in [0.25, 0.3) is 0 Å². The number of rotatable bonds is 6. The van der Waals surface area contributed by atoms with E-state index in [2.05, 4.69) is 37.4 Å². The molecule has 1 aromatic carbocycles. The fourth-order valence-electron chi connectivity index (χ4n) is 2.79. The molecule has 0 heterocycles. The Hall–Kier alpha value is -0.820. The van der Waals surface area contributed by atoms with Gasteiger partial charge in [0.25, 0.3) is 0 Å². The van der Waals surface area contributed by atoms with E-state index in [1.54, 1.807) is 11.1 Å². The van der Waals surface area contributed by atoms with E-state index in [0.29, 0.717) is 0 Å². The van der Waals surface area contributed by atoms with Gasteiger partial charge < -0.3 is 5.32 Å². The van der Waals surface area contributed by atoms with Crippen LogP contribution in [0.15, 0.2) is 18.2 Å². The molecule has 94 valence electrons. The summed E-state index contributed by atoms with van der Waals surface area (Å²) in [7, 11) is 0. The fraction of sp³-hybridized carbons (Fsp3) is 0.625. The van der Waals surface area contributed by atoms with Crippen molar-refractivity contribution in [1.29, 1.82) is 0 Å². The van der Waals surface area contributed by atoms with Crippen molar-refractivity contribution in [2.45, 2.75) is 46.0 Å². The van der Waals surface area contributed by atoms with Crippen molar-refractivity contribution < 1.29 is 0 Å². The van der Waals surface area contributed by atoms with E-state index in [4.69, 9.17) is 0 Å². The third-order valence-corrected chi connectivity index (χ3v) is 3.95. The SMILES string of the molecule is CCNCC(CC)Cc1ccc2c(c1)CCC2. The summed E-state index contributed by atoms with van der Waals surface area (Å²) in [6.07, 6.45) is 6.45. The molecule has 0 aliphatic heterocycles. The monoisotopic (exact) mass is 231 g/mol. The van der Waals surface area contributed by atoms with Crippen molar-refractivity contribution in [3.05, 3.63) is 34.9 Å². The van der Waals surface area contributed by atoms with Gasteiger partial charge in [0.05, 0.1) is 0 Å². The maximum absolute atomic E-state index is 3.47. The van der Waals surface area contributed by atoms with E-state index in [1.165, 1.54) is 37.7 Å². The summed E-state index contributed by atoms with van der Waals surface area (Å²) >= 11 is 0. The first kappa shape index (κ1) is 12.6. The van der Waals surface area contributed by atoms with Gasteiger partial charge in [-0.15, -0.1) is 0 Å². The Morgan fingerprint density at radius 1 is 1.18 bits per heavy atom. The lowest BCUT2D eigenvalue weighted by molar-refractivity contribution is 0.467. The summed E-state index contributed by atoms with van der Waals surface area (Å²) < 4.78 is 0. The molecule has 1 N–H and O–H groups in total. The number of benzene rings is 1. The van der Waals surface area contributed by atoms with E-state index >= 15 is 0 Å². The molecule has 17 heavy (non-hydrogen) atoms. The summed E-state index contributed by atoms with van der Waals surface area (Å²) in [4.78, 5) is 0. The highest BCUT2D eigenvalue weighted by atomic mass is 14.8. The van der Waals surface area contributed by atoms with Crippen LogP contribution in [0.4, 0.5) is 0 Å². The second kappa shape index (κ2) is 6.20. The van der Waals surface area contributed by atoms with Crippen LogP contribution in [0.5, 0.6) is 0 Å². The minimum Gasteiger partial charge on any atom is -0.317 e. The highest BCUT2D eigenvalue weighted by Crippen LogP contribution is 2.24. The highest BCUT2D eigenvalue weighted by molar-refractivity contribution is 5.35. The van der Waals surface area contributed by atoms with Gasteiger partial charge in [-0.3, -0.25) is 0 Å². The molecule has 0 saturated carbocycles. The molecule has 0 spiro atoms. The zero-order chi connectivity index (χ0) is 12.1. The molecular formula is C16H25N. The maximum Gasteiger partial charge on any atom is -0.00176 e. The summed E-state index contributed by atoms with van der Waals surface area (Å²) in [5.41, 5.74) is 4.74. The van der Waals surface area contributed by atoms with Crippen molar-refractivity contribution in [3.8, 4) is 0 Å². The van der Waals surface area contributed by atoms with E-state index in [9.17, 15) is 0 Å². The first-order chi connectivity index (χ1) is 8.33. The number of fused-ring (bicyclic) bond motifs is 1. The summed E-state index contributed by atoms with van der Waals surface area (Å²) in [6.45, 7) is 6.72. The predicted octanol–water partition coefficient (Wildman–Crippen LogP) is 3.35. The average molecular weight is 231 g/mol. The Bertz CT molecular complexity index is 357. The fourth-order valence-corrected chi connectivity index (χ4v) is 2.79. The lowest BCUT2D eigenvalue weighted by atomic mass is 9.95. The van der Waals surface area contributed by atoms with Crippen LogP contribution < -0.4 is 5.32 Å². The minimum absolute atomic E-state index is 0.786. The second-order valence-electron chi connectivity index (χ2n) is 5.24. The average Bonchev–Trinajstić information content (AvgIpc) is 2.81. The summed E-state index contributed by atoms with van der Waals surface area (Å²) in [5, 5.41) is 3.47. The van der Waals surface area contributed by atoms with Crippen LogP contribution in [-0.4, -0.2) is 13.1 Å². The maximum atomic E-state index is 3.47. The molecule has 0 radical (unpaired) electrons. The topological polar surface area (TPSA) is 12.0 Å². The summed E-state index contributed by atoms with van der Waals surface area (Å²) in [6, 6.07) is 7.16. The molecule has 0 aromatic heterocycles. The van der Waals surface area contributed by atoms with E-state index in [1.807, 2.05) is 0 Å². The van der Waals surface area contributed by atoms with Crippen LogP contribution in [0.2, 0.25) is 0 Å². The van der Waals surface area contributed by atoms with Crippen molar-refractivity contribution >= 4 is 0 Å². The van der Waals surface area contributed by atoms with Crippen LogP contribution in [0.3, 0.4) is 0 Å². The minimum atomic E-state index is 0.786. The molecule has 0 fully saturated rings. The van der Waals surface area contributed by atoms with Crippen molar-refractivity contribution in [2.75, 3.05) is 13.1 Å². The summed E-state index contributed by atoms with van der Waals surface area (Å²) in [5.74, 6) is 0.786. The molecule has 0 saturated heterocycles. The molecule has 0 bridgehead atoms. The zero-order valence-electron chi connectivity index (χ0n) is 11.3. The Kier molecular flexibility index (Phi) is 4.61. The molecule has 1 aromatic rings. The quantitative estimate of drug-likeness (QED) is 0.791. The first-order valence-electron chi connectivity index (χ1n) is 7.14. The van der Waals surface area contributed by atoms with Crippen LogP contribution in [-0.2, 0) is 19.3 Å². The number of nitrogens with one attached hydrogen (secondary N) is 1. The van der Waals surface area contributed by atoms with E-state index < -0.39 is 0 Å². The van der Waals surface area contributed by atoms with Crippen molar-refractivity contribution in [2.24, 2.45) is 5.92 Å². The predicted molar refractivity (Wildman–Crippen MR) is 74.5 cm³/mol. The smallest absolute Gasteiger partial charge is 0.00176 e. The molecule has 2 rings (SSSR count). The van der Waals surface area contributed by atoms with Gasteiger partial charge in [0.2, 0.25) is 0 Å². The highest BCUT2D eigenvalue weighted by Gasteiger charge is 2.12. The van der Waals surface area contributed by atoms with Crippen LogP contribution in [0.1, 0.15) is 43.4 Å². The van der Waals surface area contributed by atoms with Crippen molar-refractivity contribution in [3.63, 3.8) is 0 Å². The Morgan fingerprint density at radius 2 is 2.00 bits per heavy atom. The van der Waals surface area contributed by atoms with Gasteiger partial charge in [0.1, 0.15) is 0 Å². The third-order valence-electron chi connectivity index (χ3n) is 3.95. The standard InChI is InChI=1S/C16H25N/c1-3-13(12-17-4-2)10-14-8-9-15-6-5-7-16(15)11-14/h8-9,11,13,17H,3-7,10,12H2,1-2H3. The molecule has 1 unspecified atom stereocenters. The normalized spacial score (nSPS) is 15.9. The lowest BCUT2D eigenvalue weighted by Crippen LogP contribution is -2.23. The molecule has 1 aliphatic rings. The van der Waals surface area contributed by atoms with E-state index in [-0.39, 0.29) is 0 Å². The number of hydrogen-bond donors (Lipinski definition) is 1. The third kappa shape index (κ3) is 3.32. The van der Waals surface area contributed by atoms with E-state index in [0.717, 1.165) is 19.0 Å².